The third kappa shape index (κ3) is 5.40. The Morgan fingerprint density at radius 3 is 2.50 bits per heavy atom. The first kappa shape index (κ1) is 19.6. The van der Waals surface area contributed by atoms with Crippen LogP contribution in [0.25, 0.3) is 0 Å². The van der Waals surface area contributed by atoms with Gasteiger partial charge in [-0.1, -0.05) is 11.6 Å². The molecule has 10 heteroatoms. The fraction of sp³-hybridized carbons (Fsp3) is 0.571. The van der Waals surface area contributed by atoms with Crippen LogP contribution in [0, 0.1) is 0 Å². The van der Waals surface area contributed by atoms with Gasteiger partial charge in [0, 0.05) is 25.9 Å². The zero-order chi connectivity index (χ0) is 17.8. The molecule has 1 aliphatic heterocycles. The van der Waals surface area contributed by atoms with Crippen molar-refractivity contribution in [3.05, 3.63) is 23.2 Å². The molecule has 0 bridgehead atoms. The van der Waals surface area contributed by atoms with Gasteiger partial charge >= 0.3 is 0 Å². The Bertz CT molecular complexity index is 774. The number of halogens is 1. The second-order valence-electron chi connectivity index (χ2n) is 5.57. The van der Waals surface area contributed by atoms with E-state index in [4.69, 9.17) is 16.3 Å². The Hall–Kier alpha value is -0.710. The SMILES string of the molecule is CS(=O)(=O)c1ccc(Cl)c(S(=O)(=O)NCCCN2CCOCC2)c1. The molecule has 136 valence electrons. The van der Waals surface area contributed by atoms with E-state index in [2.05, 4.69) is 9.62 Å². The zero-order valence-corrected chi connectivity index (χ0v) is 15.8. The number of hydrogen-bond acceptors (Lipinski definition) is 6. The molecule has 0 aromatic heterocycles. The maximum absolute atomic E-state index is 12.4. The van der Waals surface area contributed by atoms with Crippen LogP contribution in [-0.4, -0.2) is 67.4 Å². The van der Waals surface area contributed by atoms with E-state index < -0.39 is 19.9 Å². The normalized spacial score (nSPS) is 17.1. The average molecular weight is 397 g/mol. The highest BCUT2D eigenvalue weighted by Gasteiger charge is 2.20. The predicted molar refractivity (Wildman–Crippen MR) is 91.6 cm³/mol. The molecule has 2 rings (SSSR count). The van der Waals surface area contributed by atoms with Gasteiger partial charge in [0.2, 0.25) is 10.0 Å². The summed E-state index contributed by atoms with van der Waals surface area (Å²) in [6.45, 7) is 4.09. The van der Waals surface area contributed by atoms with Crippen LogP contribution in [-0.2, 0) is 24.6 Å². The van der Waals surface area contributed by atoms with Gasteiger partial charge in [-0.25, -0.2) is 21.6 Å². The minimum absolute atomic E-state index is 0.0110. The molecule has 0 radical (unpaired) electrons. The second-order valence-corrected chi connectivity index (χ2v) is 9.73. The first-order valence-corrected chi connectivity index (χ1v) is 11.2. The van der Waals surface area contributed by atoms with Gasteiger partial charge in [0.15, 0.2) is 9.84 Å². The third-order valence-electron chi connectivity index (χ3n) is 3.67. The summed E-state index contributed by atoms with van der Waals surface area (Å²) in [4.78, 5) is 1.90. The smallest absolute Gasteiger partial charge is 0.242 e. The molecule has 7 nitrogen and oxygen atoms in total. The van der Waals surface area contributed by atoms with Gasteiger partial charge in [0.1, 0.15) is 4.90 Å². The number of nitrogens with zero attached hydrogens (tertiary/aromatic N) is 1. The van der Waals surface area contributed by atoms with Crippen LogP contribution in [0.5, 0.6) is 0 Å². The third-order valence-corrected chi connectivity index (χ3v) is 6.72. The van der Waals surface area contributed by atoms with Crippen molar-refractivity contribution in [2.24, 2.45) is 0 Å². The monoisotopic (exact) mass is 396 g/mol. The maximum atomic E-state index is 12.4. The van der Waals surface area contributed by atoms with Crippen molar-refractivity contribution in [1.82, 2.24) is 9.62 Å². The Morgan fingerprint density at radius 2 is 1.88 bits per heavy atom. The van der Waals surface area contributed by atoms with E-state index in [0.29, 0.717) is 19.6 Å². The van der Waals surface area contributed by atoms with Crippen molar-refractivity contribution in [2.45, 2.75) is 16.2 Å². The first-order chi connectivity index (χ1) is 11.2. The molecule has 0 aliphatic carbocycles. The number of sulfone groups is 1. The lowest BCUT2D eigenvalue weighted by Crippen LogP contribution is -2.38. The second kappa shape index (κ2) is 8.11. The summed E-state index contributed by atoms with van der Waals surface area (Å²) in [6.07, 6.45) is 1.66. The summed E-state index contributed by atoms with van der Waals surface area (Å²) >= 11 is 5.93. The van der Waals surface area contributed by atoms with Crippen LogP contribution in [0.1, 0.15) is 6.42 Å². The molecule has 0 spiro atoms. The van der Waals surface area contributed by atoms with Crippen LogP contribution in [0.3, 0.4) is 0 Å². The van der Waals surface area contributed by atoms with Crippen LogP contribution in [0.4, 0.5) is 0 Å². The molecule has 1 saturated heterocycles. The Balaban J connectivity index is 1.99. The van der Waals surface area contributed by atoms with E-state index in [-0.39, 0.29) is 21.4 Å². The average Bonchev–Trinajstić information content (AvgIpc) is 2.52. The van der Waals surface area contributed by atoms with Gasteiger partial charge in [-0.3, -0.25) is 4.90 Å². The Kier molecular flexibility index (Phi) is 6.63. The van der Waals surface area contributed by atoms with Crippen molar-refractivity contribution in [3.8, 4) is 0 Å². The number of sulfonamides is 1. The van der Waals surface area contributed by atoms with Crippen LogP contribution in [0.15, 0.2) is 28.0 Å². The number of benzene rings is 1. The van der Waals surface area contributed by atoms with Crippen molar-refractivity contribution in [3.63, 3.8) is 0 Å². The quantitative estimate of drug-likeness (QED) is 0.683. The molecule has 1 aromatic rings. The standard InChI is InChI=1S/C14H21ClN2O5S2/c1-23(18,19)12-3-4-13(15)14(11-12)24(20,21)16-5-2-6-17-7-9-22-10-8-17/h3-4,11,16H,2,5-10H2,1H3. The molecule has 1 N–H and O–H groups in total. The first-order valence-electron chi connectivity index (χ1n) is 7.49. The van der Waals surface area contributed by atoms with Gasteiger partial charge in [-0.15, -0.1) is 0 Å². The minimum atomic E-state index is -3.87. The van der Waals surface area contributed by atoms with Gasteiger partial charge in [-0.05, 0) is 31.2 Å². The Labute approximate surface area is 147 Å². The van der Waals surface area contributed by atoms with E-state index in [1.54, 1.807) is 0 Å². The molecule has 1 heterocycles. The lowest BCUT2D eigenvalue weighted by Gasteiger charge is -2.26. The maximum Gasteiger partial charge on any atom is 0.242 e. The molecule has 0 saturated carbocycles. The van der Waals surface area contributed by atoms with E-state index in [1.807, 2.05) is 0 Å². The van der Waals surface area contributed by atoms with E-state index in [0.717, 1.165) is 32.0 Å². The van der Waals surface area contributed by atoms with Crippen LogP contribution >= 0.6 is 11.6 Å². The summed E-state index contributed by atoms with van der Waals surface area (Å²) < 4.78 is 55.6. The van der Waals surface area contributed by atoms with E-state index in [1.165, 1.54) is 12.1 Å². The van der Waals surface area contributed by atoms with Gasteiger partial charge in [0.25, 0.3) is 0 Å². The van der Waals surface area contributed by atoms with Crippen molar-refractivity contribution < 1.29 is 21.6 Å². The van der Waals surface area contributed by atoms with Crippen molar-refractivity contribution in [1.29, 1.82) is 0 Å². The van der Waals surface area contributed by atoms with E-state index in [9.17, 15) is 16.8 Å². The Morgan fingerprint density at radius 1 is 1.21 bits per heavy atom. The molecule has 0 atom stereocenters. The highest BCUT2D eigenvalue weighted by Crippen LogP contribution is 2.24. The molecule has 0 unspecified atom stereocenters. The number of rotatable bonds is 7. The molecule has 1 aliphatic rings. The van der Waals surface area contributed by atoms with Crippen LogP contribution < -0.4 is 4.72 Å². The van der Waals surface area contributed by atoms with Crippen molar-refractivity contribution >= 4 is 31.5 Å². The number of ether oxygens (including phenoxy) is 1. The summed E-state index contributed by atoms with van der Waals surface area (Å²) in [7, 11) is -7.38. The fourth-order valence-corrected chi connectivity index (χ4v) is 4.65. The minimum Gasteiger partial charge on any atom is -0.379 e. The molecule has 24 heavy (non-hydrogen) atoms. The van der Waals surface area contributed by atoms with Gasteiger partial charge < -0.3 is 4.74 Å². The van der Waals surface area contributed by atoms with Crippen molar-refractivity contribution in [2.75, 3.05) is 45.6 Å². The topological polar surface area (TPSA) is 92.8 Å². The van der Waals surface area contributed by atoms with Gasteiger partial charge in [-0.2, -0.15) is 0 Å². The lowest BCUT2D eigenvalue weighted by atomic mass is 10.3. The van der Waals surface area contributed by atoms with Crippen LogP contribution in [0.2, 0.25) is 5.02 Å². The highest BCUT2D eigenvalue weighted by molar-refractivity contribution is 7.91. The fourth-order valence-electron chi connectivity index (χ4n) is 2.33. The molecular formula is C14H21ClN2O5S2. The molecule has 1 aromatic carbocycles. The van der Waals surface area contributed by atoms with E-state index >= 15 is 0 Å². The molecular weight excluding hydrogens is 376 g/mol. The predicted octanol–water partition coefficient (Wildman–Crippen LogP) is 0.744. The summed E-state index contributed by atoms with van der Waals surface area (Å²) in [5.41, 5.74) is 0. The zero-order valence-electron chi connectivity index (χ0n) is 13.4. The molecule has 0 amide bonds. The lowest BCUT2D eigenvalue weighted by molar-refractivity contribution is 0.0376. The molecule has 1 fully saturated rings. The highest BCUT2D eigenvalue weighted by atomic mass is 35.5. The number of hydrogen-bond donors (Lipinski definition) is 1. The largest absolute Gasteiger partial charge is 0.379 e. The summed E-state index contributed by atoms with van der Waals surface area (Å²) in [6, 6.07) is 3.65. The number of nitrogens with one attached hydrogen (secondary N) is 1. The summed E-state index contributed by atoms with van der Waals surface area (Å²) in [5.74, 6) is 0. The summed E-state index contributed by atoms with van der Waals surface area (Å²) in [5, 5.41) is -0.0110. The van der Waals surface area contributed by atoms with Gasteiger partial charge in [0.05, 0.1) is 23.1 Å². The number of morpholine rings is 1.